The molecule has 0 aliphatic heterocycles. The molecule has 3 nitrogen and oxygen atoms in total. The van der Waals surface area contributed by atoms with Crippen molar-refractivity contribution < 1.29 is 9.18 Å². The minimum Gasteiger partial charge on any atom is -0.334 e. The van der Waals surface area contributed by atoms with Gasteiger partial charge in [-0.2, -0.15) is 0 Å². The number of amides is 2. The van der Waals surface area contributed by atoms with Crippen molar-refractivity contribution in [3.05, 3.63) is 71.5 Å². The predicted molar refractivity (Wildman–Crippen MR) is 85.9 cm³/mol. The Labute approximate surface area is 130 Å². The van der Waals surface area contributed by atoms with Crippen molar-refractivity contribution >= 4 is 6.03 Å². The first-order valence-corrected chi connectivity index (χ1v) is 7.40. The fraction of sp³-hybridized carbons (Fsp3) is 0.278. The Morgan fingerprint density at radius 3 is 2.36 bits per heavy atom. The maximum absolute atomic E-state index is 13.5. The molecule has 0 heterocycles. The highest BCUT2D eigenvalue weighted by Gasteiger charge is 2.26. The van der Waals surface area contributed by atoms with Crippen molar-refractivity contribution in [3.63, 3.8) is 0 Å². The first-order chi connectivity index (χ1) is 10.5. The Bertz CT molecular complexity index is 630. The van der Waals surface area contributed by atoms with Gasteiger partial charge in [0.1, 0.15) is 5.82 Å². The second kappa shape index (κ2) is 7.07. The number of carbonyl (C=O) groups is 1. The molecule has 2 amide bonds. The quantitative estimate of drug-likeness (QED) is 0.862. The summed E-state index contributed by atoms with van der Waals surface area (Å²) in [5.41, 5.74) is 1.05. The van der Waals surface area contributed by atoms with Crippen LogP contribution in [0.1, 0.15) is 31.4 Å². The Kier molecular flexibility index (Phi) is 5.15. The highest BCUT2D eigenvalue weighted by molar-refractivity contribution is 5.75. The molecule has 0 saturated carbocycles. The number of benzene rings is 2. The van der Waals surface area contributed by atoms with E-state index in [1.807, 2.05) is 44.2 Å². The van der Waals surface area contributed by atoms with Crippen LogP contribution < -0.4 is 10.6 Å². The molecule has 0 aliphatic rings. The molecule has 2 rings (SSSR count). The zero-order chi connectivity index (χ0) is 16.0. The molecule has 116 valence electrons. The summed E-state index contributed by atoms with van der Waals surface area (Å²) in [5, 5.41) is 5.69. The van der Waals surface area contributed by atoms with E-state index in [0.717, 1.165) is 12.0 Å². The van der Waals surface area contributed by atoms with E-state index in [2.05, 4.69) is 10.6 Å². The van der Waals surface area contributed by atoms with Crippen molar-refractivity contribution in [1.82, 2.24) is 10.6 Å². The van der Waals surface area contributed by atoms with Gasteiger partial charge in [-0.1, -0.05) is 55.5 Å². The highest BCUT2D eigenvalue weighted by Crippen LogP contribution is 2.23. The molecular formula is C18H21FN2O. The van der Waals surface area contributed by atoms with Crippen LogP contribution in [0.4, 0.5) is 9.18 Å². The van der Waals surface area contributed by atoms with Gasteiger partial charge in [-0.3, -0.25) is 0 Å². The van der Waals surface area contributed by atoms with Gasteiger partial charge in [-0.05, 0) is 25.0 Å². The minimum absolute atomic E-state index is 0.160. The second-order valence-corrected chi connectivity index (χ2v) is 5.45. The molecule has 0 fully saturated rings. The molecule has 4 heteroatoms. The van der Waals surface area contributed by atoms with Crippen molar-refractivity contribution in [2.24, 2.45) is 0 Å². The number of rotatable bonds is 5. The van der Waals surface area contributed by atoms with Crippen LogP contribution >= 0.6 is 0 Å². The molecule has 0 saturated heterocycles. The van der Waals surface area contributed by atoms with E-state index in [0.29, 0.717) is 5.56 Å². The summed E-state index contributed by atoms with van der Waals surface area (Å²) in [6, 6.07) is 15.9. The summed E-state index contributed by atoms with van der Waals surface area (Å²) in [4.78, 5) is 12.1. The SMILES string of the molecule is CCC(C)(NC(=O)NCc1ccccc1F)c1ccccc1. The first kappa shape index (κ1) is 16.0. The van der Waals surface area contributed by atoms with Crippen molar-refractivity contribution in [3.8, 4) is 0 Å². The lowest BCUT2D eigenvalue weighted by molar-refractivity contribution is 0.225. The van der Waals surface area contributed by atoms with Gasteiger partial charge in [0.2, 0.25) is 0 Å². The van der Waals surface area contributed by atoms with E-state index >= 15 is 0 Å². The number of hydrogen-bond acceptors (Lipinski definition) is 1. The third kappa shape index (κ3) is 3.85. The van der Waals surface area contributed by atoms with Gasteiger partial charge in [0.05, 0.1) is 5.54 Å². The zero-order valence-electron chi connectivity index (χ0n) is 12.9. The van der Waals surface area contributed by atoms with Gasteiger partial charge in [0.15, 0.2) is 0 Å². The number of nitrogens with one attached hydrogen (secondary N) is 2. The van der Waals surface area contributed by atoms with Gasteiger partial charge in [0.25, 0.3) is 0 Å². The molecule has 0 aliphatic carbocycles. The molecule has 0 aromatic heterocycles. The van der Waals surface area contributed by atoms with Crippen molar-refractivity contribution in [2.45, 2.75) is 32.4 Å². The maximum atomic E-state index is 13.5. The normalized spacial score (nSPS) is 13.2. The average molecular weight is 300 g/mol. The Hall–Kier alpha value is -2.36. The predicted octanol–water partition coefficient (Wildman–Crippen LogP) is 3.95. The van der Waals surface area contributed by atoms with Gasteiger partial charge >= 0.3 is 6.03 Å². The van der Waals surface area contributed by atoms with Crippen LogP contribution in [0, 0.1) is 5.82 Å². The fourth-order valence-electron chi connectivity index (χ4n) is 2.28. The zero-order valence-corrected chi connectivity index (χ0v) is 12.9. The van der Waals surface area contributed by atoms with Crippen LogP contribution in [0.5, 0.6) is 0 Å². The number of halogens is 1. The molecule has 2 aromatic carbocycles. The number of hydrogen-bond donors (Lipinski definition) is 2. The van der Waals surface area contributed by atoms with E-state index < -0.39 is 5.54 Å². The standard InChI is InChI=1S/C18H21FN2O/c1-3-18(2,15-10-5-4-6-11-15)21-17(22)20-13-14-9-7-8-12-16(14)19/h4-12H,3,13H2,1-2H3,(H2,20,21,22). The molecule has 22 heavy (non-hydrogen) atoms. The highest BCUT2D eigenvalue weighted by atomic mass is 19.1. The molecule has 0 spiro atoms. The summed E-state index contributed by atoms with van der Waals surface area (Å²) in [6.45, 7) is 4.16. The third-order valence-corrected chi connectivity index (χ3v) is 3.90. The monoisotopic (exact) mass is 300 g/mol. The molecule has 2 aromatic rings. The van der Waals surface area contributed by atoms with Crippen LogP contribution in [0.2, 0.25) is 0 Å². The number of urea groups is 1. The first-order valence-electron chi connectivity index (χ1n) is 7.40. The largest absolute Gasteiger partial charge is 0.334 e. The molecular weight excluding hydrogens is 279 g/mol. The summed E-state index contributed by atoms with van der Waals surface area (Å²) < 4.78 is 13.5. The fourth-order valence-corrected chi connectivity index (χ4v) is 2.28. The Morgan fingerprint density at radius 2 is 1.73 bits per heavy atom. The smallest absolute Gasteiger partial charge is 0.315 e. The van der Waals surface area contributed by atoms with E-state index in [1.54, 1.807) is 18.2 Å². The summed E-state index contributed by atoms with van der Waals surface area (Å²) in [5.74, 6) is -0.316. The molecule has 1 unspecified atom stereocenters. The third-order valence-electron chi connectivity index (χ3n) is 3.90. The summed E-state index contributed by atoms with van der Waals surface area (Å²) >= 11 is 0. The molecule has 2 N–H and O–H groups in total. The van der Waals surface area contributed by atoms with E-state index in [4.69, 9.17) is 0 Å². The molecule has 0 radical (unpaired) electrons. The van der Waals surface area contributed by atoms with Crippen molar-refractivity contribution in [1.29, 1.82) is 0 Å². The Morgan fingerprint density at radius 1 is 1.09 bits per heavy atom. The molecule has 1 atom stereocenters. The van der Waals surface area contributed by atoms with Crippen molar-refractivity contribution in [2.75, 3.05) is 0 Å². The van der Waals surface area contributed by atoms with Crippen LogP contribution in [-0.4, -0.2) is 6.03 Å². The van der Waals surface area contributed by atoms with E-state index in [1.165, 1.54) is 6.07 Å². The van der Waals surface area contributed by atoms with Gasteiger partial charge < -0.3 is 10.6 Å². The maximum Gasteiger partial charge on any atom is 0.315 e. The summed E-state index contributed by atoms with van der Waals surface area (Å²) in [7, 11) is 0. The van der Waals surface area contributed by atoms with Crippen LogP contribution in [0.25, 0.3) is 0 Å². The number of carbonyl (C=O) groups excluding carboxylic acids is 1. The average Bonchev–Trinajstić information content (AvgIpc) is 2.55. The van der Waals surface area contributed by atoms with Crippen LogP contribution in [0.15, 0.2) is 54.6 Å². The summed E-state index contributed by atoms with van der Waals surface area (Å²) in [6.07, 6.45) is 0.754. The van der Waals surface area contributed by atoms with E-state index in [-0.39, 0.29) is 18.4 Å². The second-order valence-electron chi connectivity index (χ2n) is 5.45. The lowest BCUT2D eigenvalue weighted by atomic mass is 9.89. The lowest BCUT2D eigenvalue weighted by Crippen LogP contribution is -2.47. The van der Waals surface area contributed by atoms with Gasteiger partial charge in [-0.15, -0.1) is 0 Å². The topological polar surface area (TPSA) is 41.1 Å². The Balaban J connectivity index is 2.00. The van der Waals surface area contributed by atoms with Crippen LogP contribution in [-0.2, 0) is 12.1 Å². The van der Waals surface area contributed by atoms with Gasteiger partial charge in [0, 0.05) is 12.1 Å². The van der Waals surface area contributed by atoms with Crippen LogP contribution in [0.3, 0.4) is 0 Å². The lowest BCUT2D eigenvalue weighted by Gasteiger charge is -2.30. The van der Waals surface area contributed by atoms with Gasteiger partial charge in [-0.25, -0.2) is 9.18 Å². The van der Waals surface area contributed by atoms with E-state index in [9.17, 15) is 9.18 Å². The minimum atomic E-state index is -0.458. The molecule has 0 bridgehead atoms.